The average Bonchev–Trinajstić information content (AvgIpc) is 2.91. The molecule has 0 saturated heterocycles. The van der Waals surface area contributed by atoms with Crippen LogP contribution in [0.5, 0.6) is 0 Å². The Morgan fingerprint density at radius 1 is 0.343 bits per heavy atom. The van der Waals surface area contributed by atoms with Crippen molar-refractivity contribution in [3.63, 3.8) is 0 Å². The molecule has 7 aromatic carbocycles. The third-order valence-electron chi connectivity index (χ3n) is 7.08. The van der Waals surface area contributed by atoms with E-state index in [9.17, 15) is 0 Å². The van der Waals surface area contributed by atoms with Crippen molar-refractivity contribution < 1.29 is 0 Å². The van der Waals surface area contributed by atoms with Crippen molar-refractivity contribution in [2.45, 2.75) is 0 Å². The van der Waals surface area contributed by atoms with Gasteiger partial charge in [0.2, 0.25) is 0 Å². The van der Waals surface area contributed by atoms with Gasteiger partial charge in [-0.1, -0.05) is 121 Å². The molecule has 0 fully saturated rings. The van der Waals surface area contributed by atoms with E-state index in [0.29, 0.717) is 0 Å². The van der Waals surface area contributed by atoms with Gasteiger partial charge >= 0.3 is 0 Å². The molecule has 0 aromatic heterocycles. The summed E-state index contributed by atoms with van der Waals surface area (Å²) in [6.07, 6.45) is 0. The summed E-state index contributed by atoms with van der Waals surface area (Å²) < 4.78 is 0. The summed E-state index contributed by atoms with van der Waals surface area (Å²) in [4.78, 5) is 0. The van der Waals surface area contributed by atoms with Gasteiger partial charge in [0.15, 0.2) is 0 Å². The third-order valence-corrected chi connectivity index (χ3v) is 7.32. The summed E-state index contributed by atoms with van der Waals surface area (Å²) in [5, 5.41) is 10.7. The maximum absolute atomic E-state index is 6.41. The van der Waals surface area contributed by atoms with Gasteiger partial charge in [-0.05, 0) is 83.5 Å². The van der Waals surface area contributed by atoms with E-state index < -0.39 is 0 Å². The number of fused-ring (bicyclic) bond motifs is 5. The summed E-state index contributed by atoms with van der Waals surface area (Å²) in [5.41, 5.74) is 5.03. The van der Waals surface area contributed by atoms with Gasteiger partial charge in [0.1, 0.15) is 0 Å². The van der Waals surface area contributed by atoms with E-state index in [-0.39, 0.29) is 0 Å². The highest BCUT2D eigenvalue weighted by molar-refractivity contribution is 6.32. The van der Waals surface area contributed by atoms with Gasteiger partial charge in [-0.15, -0.1) is 0 Å². The molecule has 0 heterocycles. The van der Waals surface area contributed by atoms with Crippen LogP contribution in [0, 0.1) is 0 Å². The Morgan fingerprint density at radius 3 is 1.40 bits per heavy atom. The van der Waals surface area contributed by atoms with Crippen molar-refractivity contribution in [2.75, 3.05) is 0 Å². The molecule has 0 atom stereocenters. The zero-order valence-electron chi connectivity index (χ0n) is 19.0. The maximum Gasteiger partial charge on any atom is 0.0412 e. The Morgan fingerprint density at radius 2 is 0.800 bits per heavy atom. The summed E-state index contributed by atoms with van der Waals surface area (Å²) in [6, 6.07) is 45.7. The van der Waals surface area contributed by atoms with Crippen molar-refractivity contribution in [3.8, 4) is 22.3 Å². The molecule has 0 spiro atoms. The van der Waals surface area contributed by atoms with Gasteiger partial charge in [0.25, 0.3) is 0 Å². The standard InChI is InChI=1S/C34H21Cl/c35-26-19-18-23-15-14-22-16-17-25(20-31(22)32(23)21-26)34-29-12-6-4-10-27(29)33(24-8-2-1-3-9-24)28-11-5-7-13-30(28)34/h1-21H. The molecule has 7 rings (SSSR count). The first-order chi connectivity index (χ1) is 17.3. The van der Waals surface area contributed by atoms with Crippen LogP contribution in [0.1, 0.15) is 0 Å². The highest BCUT2D eigenvalue weighted by Gasteiger charge is 2.16. The van der Waals surface area contributed by atoms with Crippen molar-refractivity contribution in [1.82, 2.24) is 0 Å². The minimum absolute atomic E-state index is 0.763. The topological polar surface area (TPSA) is 0 Å². The fourth-order valence-corrected chi connectivity index (χ4v) is 5.70. The van der Waals surface area contributed by atoms with Crippen LogP contribution in [0.15, 0.2) is 127 Å². The lowest BCUT2D eigenvalue weighted by molar-refractivity contribution is 1.66. The van der Waals surface area contributed by atoms with E-state index in [1.165, 1.54) is 65.3 Å². The molecule has 0 aliphatic rings. The first-order valence-electron chi connectivity index (χ1n) is 11.9. The second-order valence-electron chi connectivity index (χ2n) is 9.07. The number of hydrogen-bond acceptors (Lipinski definition) is 0. The lowest BCUT2D eigenvalue weighted by atomic mass is 9.85. The Kier molecular flexibility index (Phi) is 4.62. The smallest absolute Gasteiger partial charge is 0.0412 e. The summed E-state index contributed by atoms with van der Waals surface area (Å²) in [6.45, 7) is 0. The van der Waals surface area contributed by atoms with Crippen molar-refractivity contribution in [3.05, 3.63) is 132 Å². The van der Waals surface area contributed by atoms with Crippen LogP contribution in [0.25, 0.3) is 65.3 Å². The van der Waals surface area contributed by atoms with Crippen LogP contribution in [0.4, 0.5) is 0 Å². The molecule has 0 saturated carbocycles. The van der Waals surface area contributed by atoms with Crippen LogP contribution in [-0.4, -0.2) is 0 Å². The van der Waals surface area contributed by atoms with Gasteiger partial charge in [0.05, 0.1) is 0 Å². The molecule has 0 unspecified atom stereocenters. The molecular formula is C34H21Cl. The second-order valence-corrected chi connectivity index (χ2v) is 9.51. The van der Waals surface area contributed by atoms with E-state index >= 15 is 0 Å². The number of halogens is 1. The monoisotopic (exact) mass is 464 g/mol. The van der Waals surface area contributed by atoms with Gasteiger partial charge in [0, 0.05) is 5.02 Å². The Bertz CT molecular complexity index is 1840. The fourth-order valence-electron chi connectivity index (χ4n) is 5.53. The van der Waals surface area contributed by atoms with Crippen LogP contribution >= 0.6 is 11.6 Å². The SMILES string of the molecule is Clc1ccc2ccc3ccc(-c4c5ccccc5c(-c5ccccc5)c5ccccc45)cc3c2c1. The summed E-state index contributed by atoms with van der Waals surface area (Å²) >= 11 is 6.41. The molecule has 0 N–H and O–H groups in total. The number of hydrogen-bond donors (Lipinski definition) is 0. The number of benzene rings is 7. The molecule has 164 valence electrons. The van der Waals surface area contributed by atoms with Gasteiger partial charge < -0.3 is 0 Å². The molecule has 0 amide bonds. The van der Waals surface area contributed by atoms with Crippen LogP contribution in [-0.2, 0) is 0 Å². The molecule has 0 nitrogen and oxygen atoms in total. The molecule has 0 bridgehead atoms. The normalized spacial score (nSPS) is 11.6. The Labute approximate surface area is 209 Å². The largest absolute Gasteiger partial charge is 0.0843 e. The van der Waals surface area contributed by atoms with E-state index in [1.54, 1.807) is 0 Å². The summed E-state index contributed by atoms with van der Waals surface area (Å²) in [7, 11) is 0. The van der Waals surface area contributed by atoms with E-state index in [0.717, 1.165) is 5.02 Å². The molecule has 0 radical (unpaired) electrons. The highest BCUT2D eigenvalue weighted by Crippen LogP contribution is 2.44. The molecular weight excluding hydrogens is 444 g/mol. The highest BCUT2D eigenvalue weighted by atomic mass is 35.5. The Hall–Kier alpha value is -4.13. The van der Waals surface area contributed by atoms with Crippen LogP contribution in [0.3, 0.4) is 0 Å². The summed E-state index contributed by atoms with van der Waals surface area (Å²) in [5.74, 6) is 0. The quantitative estimate of drug-likeness (QED) is 0.176. The van der Waals surface area contributed by atoms with Crippen molar-refractivity contribution in [2.24, 2.45) is 0 Å². The van der Waals surface area contributed by atoms with Gasteiger partial charge in [-0.3, -0.25) is 0 Å². The molecule has 1 heteroatoms. The fraction of sp³-hybridized carbons (Fsp3) is 0. The van der Waals surface area contributed by atoms with Crippen LogP contribution in [0.2, 0.25) is 5.02 Å². The van der Waals surface area contributed by atoms with Crippen molar-refractivity contribution >= 4 is 54.7 Å². The van der Waals surface area contributed by atoms with Crippen molar-refractivity contribution in [1.29, 1.82) is 0 Å². The van der Waals surface area contributed by atoms with Gasteiger partial charge in [-0.2, -0.15) is 0 Å². The van der Waals surface area contributed by atoms with Crippen LogP contribution < -0.4 is 0 Å². The van der Waals surface area contributed by atoms with E-state index in [1.807, 2.05) is 6.07 Å². The molecule has 0 aliphatic carbocycles. The maximum atomic E-state index is 6.41. The number of rotatable bonds is 2. The predicted octanol–water partition coefficient (Wildman–Crippen LogP) is 10.3. The first kappa shape index (κ1) is 20.3. The minimum atomic E-state index is 0.763. The molecule has 7 aromatic rings. The first-order valence-corrected chi connectivity index (χ1v) is 12.3. The Balaban J connectivity index is 1.63. The lowest BCUT2D eigenvalue weighted by Gasteiger charge is -2.18. The van der Waals surface area contributed by atoms with Gasteiger partial charge in [-0.25, -0.2) is 0 Å². The molecule has 0 aliphatic heterocycles. The average molecular weight is 465 g/mol. The van der Waals surface area contributed by atoms with E-state index in [2.05, 4.69) is 121 Å². The van der Waals surface area contributed by atoms with E-state index in [4.69, 9.17) is 11.6 Å². The molecule has 35 heavy (non-hydrogen) atoms. The zero-order chi connectivity index (χ0) is 23.4. The minimum Gasteiger partial charge on any atom is -0.0843 e. The zero-order valence-corrected chi connectivity index (χ0v) is 19.8. The predicted molar refractivity (Wildman–Crippen MR) is 152 cm³/mol. The lowest BCUT2D eigenvalue weighted by Crippen LogP contribution is -1.91. The second kappa shape index (κ2) is 7.98. The third kappa shape index (κ3) is 3.22.